The van der Waals surface area contributed by atoms with Gasteiger partial charge in [0.1, 0.15) is 5.82 Å². The maximum Gasteiger partial charge on any atom is 0.151 e. The van der Waals surface area contributed by atoms with Crippen LogP contribution in [0.15, 0.2) is 53.5 Å². The summed E-state index contributed by atoms with van der Waals surface area (Å²) in [6, 6.07) is 14.8. The third kappa shape index (κ3) is 3.93. The van der Waals surface area contributed by atoms with Gasteiger partial charge in [-0.25, -0.2) is 14.8 Å². The highest BCUT2D eigenvalue weighted by Crippen LogP contribution is 2.28. The van der Waals surface area contributed by atoms with Crippen molar-refractivity contribution in [1.29, 1.82) is 0 Å². The lowest BCUT2D eigenvalue weighted by Crippen LogP contribution is -2.48. The number of hydrogen-bond donors (Lipinski definition) is 1. The minimum Gasteiger partial charge on any atom is -0.379 e. The molecule has 1 N–H and O–H groups in total. The first-order valence-electron chi connectivity index (χ1n) is 9.03. The second kappa shape index (κ2) is 7.95. The van der Waals surface area contributed by atoms with Crippen LogP contribution < -0.4 is 5.43 Å². The molecule has 0 unspecified atom stereocenters. The molecule has 0 saturated carbocycles. The second-order valence-corrected chi connectivity index (χ2v) is 6.52. The van der Waals surface area contributed by atoms with Crippen LogP contribution >= 0.6 is 0 Å². The number of aliphatic imine (C=N–C) groups is 1. The summed E-state index contributed by atoms with van der Waals surface area (Å²) in [6.45, 7) is 6.00. The van der Waals surface area contributed by atoms with Crippen molar-refractivity contribution in [2.45, 2.75) is 6.54 Å². The minimum absolute atomic E-state index is 0.256. The largest absolute Gasteiger partial charge is 0.379 e. The Hall–Kier alpha value is -2.28. The Kier molecular flexibility index (Phi) is 5.24. The Labute approximate surface area is 153 Å². The number of nitrogens with zero attached hydrogens (tertiary/aromatic N) is 3. The summed E-state index contributed by atoms with van der Waals surface area (Å²) in [6.07, 6.45) is 0. The molecule has 0 amide bonds. The molecule has 1 saturated heterocycles. The molecule has 2 aliphatic rings. The number of hydrogen-bond acceptors (Lipinski definition) is 5. The van der Waals surface area contributed by atoms with Crippen molar-refractivity contribution in [3.05, 3.63) is 65.5 Å². The maximum absolute atomic E-state index is 13.6. The van der Waals surface area contributed by atoms with Crippen LogP contribution in [0.25, 0.3) is 0 Å². The van der Waals surface area contributed by atoms with E-state index in [4.69, 9.17) is 9.73 Å². The van der Waals surface area contributed by atoms with Crippen LogP contribution in [-0.2, 0) is 11.3 Å². The molecule has 0 bridgehead atoms. The number of nitrogens with one attached hydrogen (secondary N) is 1. The Bertz CT molecular complexity index is 775. The van der Waals surface area contributed by atoms with Crippen LogP contribution in [-0.4, -0.2) is 55.1 Å². The molecular formula is C20H23FN4O. The van der Waals surface area contributed by atoms with Gasteiger partial charge in [-0.05, 0) is 17.7 Å². The molecule has 26 heavy (non-hydrogen) atoms. The van der Waals surface area contributed by atoms with Crippen molar-refractivity contribution < 1.29 is 9.13 Å². The van der Waals surface area contributed by atoms with E-state index < -0.39 is 0 Å². The van der Waals surface area contributed by atoms with E-state index in [-0.39, 0.29) is 5.82 Å². The molecule has 1 fully saturated rings. The first-order chi connectivity index (χ1) is 12.8. The topological polar surface area (TPSA) is 40.1 Å². The van der Waals surface area contributed by atoms with Crippen molar-refractivity contribution in [3.8, 4) is 0 Å². The van der Waals surface area contributed by atoms with Crippen LogP contribution in [0.3, 0.4) is 0 Å². The van der Waals surface area contributed by atoms with Gasteiger partial charge in [0.25, 0.3) is 0 Å². The number of ether oxygens (including phenoxy) is 1. The number of halogens is 1. The van der Waals surface area contributed by atoms with Crippen molar-refractivity contribution in [1.82, 2.24) is 15.3 Å². The molecule has 0 radical (unpaired) electrons. The van der Waals surface area contributed by atoms with Gasteiger partial charge in [0, 0.05) is 31.7 Å². The summed E-state index contributed by atoms with van der Waals surface area (Å²) in [5, 5.41) is 2.07. The highest BCUT2D eigenvalue weighted by Gasteiger charge is 2.21. The number of amidine groups is 1. The summed E-state index contributed by atoms with van der Waals surface area (Å²) in [5.41, 5.74) is 6.24. The lowest BCUT2D eigenvalue weighted by Gasteiger charge is -2.33. The quantitative estimate of drug-likeness (QED) is 0.896. The average Bonchev–Trinajstić information content (AvgIpc) is 2.69. The summed E-state index contributed by atoms with van der Waals surface area (Å²) < 4.78 is 19.0. The van der Waals surface area contributed by atoms with Crippen LogP contribution in [0, 0.1) is 5.82 Å². The normalized spacial score (nSPS) is 17.7. The monoisotopic (exact) mass is 354 g/mol. The van der Waals surface area contributed by atoms with Crippen molar-refractivity contribution in [2.75, 3.05) is 39.4 Å². The van der Waals surface area contributed by atoms with Crippen molar-refractivity contribution >= 4 is 11.5 Å². The number of rotatable bonds is 5. The first-order valence-corrected chi connectivity index (χ1v) is 9.03. The molecular weight excluding hydrogens is 331 g/mol. The minimum atomic E-state index is -0.256. The lowest BCUT2D eigenvalue weighted by atomic mass is 10.1. The zero-order valence-corrected chi connectivity index (χ0v) is 14.7. The molecule has 136 valence electrons. The van der Waals surface area contributed by atoms with E-state index in [0.29, 0.717) is 12.2 Å². The van der Waals surface area contributed by atoms with Crippen LogP contribution in [0.1, 0.15) is 11.1 Å². The van der Waals surface area contributed by atoms with Crippen LogP contribution in [0.4, 0.5) is 10.1 Å². The third-order valence-electron chi connectivity index (χ3n) is 4.72. The van der Waals surface area contributed by atoms with Gasteiger partial charge in [-0.3, -0.25) is 9.91 Å². The Balaban J connectivity index is 1.51. The fourth-order valence-corrected chi connectivity index (χ4v) is 3.30. The zero-order valence-electron chi connectivity index (χ0n) is 14.7. The highest BCUT2D eigenvalue weighted by atomic mass is 19.1. The molecule has 5 nitrogen and oxygen atoms in total. The van der Waals surface area contributed by atoms with Gasteiger partial charge in [0.15, 0.2) is 5.84 Å². The Morgan fingerprint density at radius 3 is 2.69 bits per heavy atom. The first kappa shape index (κ1) is 17.1. The molecule has 6 heteroatoms. The van der Waals surface area contributed by atoms with Gasteiger partial charge < -0.3 is 4.74 Å². The Morgan fingerprint density at radius 1 is 1.08 bits per heavy atom. The average molecular weight is 354 g/mol. The summed E-state index contributed by atoms with van der Waals surface area (Å²) in [4.78, 5) is 7.12. The van der Waals surface area contributed by atoms with Gasteiger partial charge in [0.05, 0.1) is 25.4 Å². The predicted octanol–water partition coefficient (Wildman–Crippen LogP) is 2.56. The van der Waals surface area contributed by atoms with E-state index in [9.17, 15) is 4.39 Å². The Morgan fingerprint density at radius 2 is 1.88 bits per heavy atom. The molecule has 4 rings (SSSR count). The highest BCUT2D eigenvalue weighted by molar-refractivity contribution is 6.01. The molecule has 2 heterocycles. The molecule has 2 aliphatic heterocycles. The molecule has 0 aliphatic carbocycles. The second-order valence-electron chi connectivity index (χ2n) is 6.52. The van der Waals surface area contributed by atoms with E-state index >= 15 is 0 Å². The molecule has 0 atom stereocenters. The maximum atomic E-state index is 13.6. The standard InChI is InChI=1S/C20H23FN4O/c21-18-7-6-17-15-25(22-8-9-24-10-12-26-13-11-24)20(23-19(17)14-18)16-4-2-1-3-5-16/h1-7,14,22H,8-13,15H2. The van der Waals surface area contributed by atoms with E-state index in [1.807, 2.05) is 36.4 Å². The van der Waals surface area contributed by atoms with Gasteiger partial charge >= 0.3 is 0 Å². The number of benzene rings is 2. The van der Waals surface area contributed by atoms with E-state index in [0.717, 1.165) is 56.4 Å². The van der Waals surface area contributed by atoms with Gasteiger partial charge in [-0.2, -0.15) is 0 Å². The SMILES string of the molecule is Fc1ccc2c(c1)N=C(c1ccccc1)N(NCCN1CCOCC1)C2. The number of hydrazine groups is 1. The fraction of sp³-hybridized carbons (Fsp3) is 0.350. The third-order valence-corrected chi connectivity index (χ3v) is 4.72. The fourth-order valence-electron chi connectivity index (χ4n) is 3.30. The van der Waals surface area contributed by atoms with E-state index in [1.54, 1.807) is 0 Å². The zero-order chi connectivity index (χ0) is 17.8. The molecule has 0 aromatic heterocycles. The number of fused-ring (bicyclic) bond motifs is 1. The molecule has 2 aromatic carbocycles. The van der Waals surface area contributed by atoms with Crippen molar-refractivity contribution in [3.63, 3.8) is 0 Å². The van der Waals surface area contributed by atoms with E-state index in [1.165, 1.54) is 12.1 Å². The van der Waals surface area contributed by atoms with Gasteiger partial charge in [-0.15, -0.1) is 0 Å². The predicted molar refractivity (Wildman–Crippen MR) is 99.8 cm³/mol. The van der Waals surface area contributed by atoms with Gasteiger partial charge in [-0.1, -0.05) is 36.4 Å². The van der Waals surface area contributed by atoms with Gasteiger partial charge in [0.2, 0.25) is 0 Å². The van der Waals surface area contributed by atoms with Crippen LogP contribution in [0.2, 0.25) is 0 Å². The summed E-state index contributed by atoms with van der Waals surface area (Å²) in [5.74, 6) is 0.569. The lowest BCUT2D eigenvalue weighted by molar-refractivity contribution is 0.0366. The summed E-state index contributed by atoms with van der Waals surface area (Å²) in [7, 11) is 0. The smallest absolute Gasteiger partial charge is 0.151 e. The molecule has 2 aromatic rings. The molecule has 0 spiro atoms. The number of morpholine rings is 1. The van der Waals surface area contributed by atoms with Crippen molar-refractivity contribution in [2.24, 2.45) is 4.99 Å². The van der Waals surface area contributed by atoms with Crippen LogP contribution in [0.5, 0.6) is 0 Å². The summed E-state index contributed by atoms with van der Waals surface area (Å²) >= 11 is 0. The van der Waals surface area contributed by atoms with E-state index in [2.05, 4.69) is 15.3 Å².